The standard InChI is InChI=1S/C16H25NO2/c1-3-9-18-14-8-7-13(16(17)12-5-6-12)11-15(14)19-10-4-2/h7-8,11-12,16H,3-6,9-10,17H2,1-2H3. The van der Waals surface area contributed by atoms with E-state index in [2.05, 4.69) is 26.0 Å². The zero-order valence-corrected chi connectivity index (χ0v) is 12.0. The Labute approximate surface area is 116 Å². The number of nitrogens with two attached hydrogens (primary N) is 1. The molecule has 2 rings (SSSR count). The summed E-state index contributed by atoms with van der Waals surface area (Å²) in [6.07, 6.45) is 4.49. The van der Waals surface area contributed by atoms with Crippen molar-refractivity contribution in [1.29, 1.82) is 0 Å². The van der Waals surface area contributed by atoms with Crippen molar-refractivity contribution in [2.24, 2.45) is 11.7 Å². The molecule has 1 aliphatic carbocycles. The highest BCUT2D eigenvalue weighted by atomic mass is 16.5. The van der Waals surface area contributed by atoms with Gasteiger partial charge in [-0.1, -0.05) is 19.9 Å². The number of benzene rings is 1. The molecule has 0 aromatic heterocycles. The molecule has 0 saturated heterocycles. The first-order chi connectivity index (χ1) is 9.26. The number of hydrogen-bond acceptors (Lipinski definition) is 3. The normalized spacial score (nSPS) is 16.2. The average molecular weight is 263 g/mol. The number of hydrogen-bond donors (Lipinski definition) is 1. The highest BCUT2D eigenvalue weighted by molar-refractivity contribution is 5.44. The molecule has 1 saturated carbocycles. The van der Waals surface area contributed by atoms with Gasteiger partial charge in [0.25, 0.3) is 0 Å². The molecular weight excluding hydrogens is 238 g/mol. The van der Waals surface area contributed by atoms with Crippen LogP contribution in [0.5, 0.6) is 11.5 Å². The Morgan fingerprint density at radius 1 is 1.11 bits per heavy atom. The molecule has 0 amide bonds. The third-order valence-corrected chi connectivity index (χ3v) is 3.41. The predicted octanol–water partition coefficient (Wildman–Crippen LogP) is 3.67. The van der Waals surface area contributed by atoms with Gasteiger partial charge in [-0.3, -0.25) is 0 Å². The smallest absolute Gasteiger partial charge is 0.161 e. The third kappa shape index (κ3) is 3.87. The molecule has 0 bridgehead atoms. The van der Waals surface area contributed by atoms with Gasteiger partial charge in [-0.2, -0.15) is 0 Å². The van der Waals surface area contributed by atoms with Crippen molar-refractivity contribution in [2.75, 3.05) is 13.2 Å². The molecule has 2 N–H and O–H groups in total. The molecule has 106 valence electrons. The van der Waals surface area contributed by atoms with Gasteiger partial charge in [-0.05, 0) is 49.3 Å². The molecule has 1 aromatic rings. The van der Waals surface area contributed by atoms with E-state index in [1.807, 2.05) is 6.07 Å². The summed E-state index contributed by atoms with van der Waals surface area (Å²) in [7, 11) is 0. The highest BCUT2D eigenvalue weighted by Crippen LogP contribution is 2.41. The summed E-state index contributed by atoms with van der Waals surface area (Å²) in [6.45, 7) is 5.64. The largest absolute Gasteiger partial charge is 0.490 e. The van der Waals surface area contributed by atoms with Crippen molar-refractivity contribution in [3.63, 3.8) is 0 Å². The van der Waals surface area contributed by atoms with Crippen molar-refractivity contribution in [1.82, 2.24) is 0 Å². The summed E-state index contributed by atoms with van der Waals surface area (Å²) in [5, 5.41) is 0. The van der Waals surface area contributed by atoms with Crippen molar-refractivity contribution in [3.8, 4) is 11.5 Å². The molecule has 0 aliphatic heterocycles. The molecular formula is C16H25NO2. The Kier molecular flexibility index (Phi) is 5.08. The van der Waals surface area contributed by atoms with E-state index in [0.717, 1.165) is 36.5 Å². The first-order valence-corrected chi connectivity index (χ1v) is 7.41. The zero-order chi connectivity index (χ0) is 13.7. The van der Waals surface area contributed by atoms with Crippen molar-refractivity contribution in [2.45, 2.75) is 45.6 Å². The van der Waals surface area contributed by atoms with Gasteiger partial charge < -0.3 is 15.2 Å². The van der Waals surface area contributed by atoms with Crippen molar-refractivity contribution in [3.05, 3.63) is 23.8 Å². The van der Waals surface area contributed by atoms with Gasteiger partial charge in [-0.15, -0.1) is 0 Å². The molecule has 3 nitrogen and oxygen atoms in total. The van der Waals surface area contributed by atoms with Crippen LogP contribution in [0.15, 0.2) is 18.2 Å². The Bertz CT molecular complexity index is 402. The quantitative estimate of drug-likeness (QED) is 0.778. The summed E-state index contributed by atoms with van der Waals surface area (Å²) in [5.74, 6) is 2.33. The van der Waals surface area contributed by atoms with Gasteiger partial charge in [0.15, 0.2) is 11.5 Å². The van der Waals surface area contributed by atoms with Crippen LogP contribution in [-0.4, -0.2) is 13.2 Å². The fourth-order valence-electron chi connectivity index (χ4n) is 2.12. The second-order valence-corrected chi connectivity index (χ2v) is 5.27. The van der Waals surface area contributed by atoms with Gasteiger partial charge in [0, 0.05) is 6.04 Å². The minimum absolute atomic E-state index is 0.143. The van der Waals surface area contributed by atoms with E-state index in [-0.39, 0.29) is 6.04 Å². The Balaban J connectivity index is 2.13. The summed E-state index contributed by atoms with van der Waals surface area (Å²) in [4.78, 5) is 0. The van der Waals surface area contributed by atoms with Crippen molar-refractivity contribution < 1.29 is 9.47 Å². The summed E-state index contributed by atoms with van der Waals surface area (Å²) >= 11 is 0. The average Bonchev–Trinajstić information content (AvgIpc) is 3.27. The lowest BCUT2D eigenvalue weighted by Gasteiger charge is -2.16. The van der Waals surface area contributed by atoms with Crippen LogP contribution < -0.4 is 15.2 Å². The molecule has 1 aromatic carbocycles. The van der Waals surface area contributed by atoms with Gasteiger partial charge in [0.05, 0.1) is 13.2 Å². The van der Waals surface area contributed by atoms with Crippen LogP contribution in [0.4, 0.5) is 0 Å². The molecule has 0 spiro atoms. The molecule has 0 heterocycles. The van der Waals surface area contributed by atoms with E-state index in [1.165, 1.54) is 12.8 Å². The van der Waals surface area contributed by atoms with E-state index < -0.39 is 0 Å². The Morgan fingerprint density at radius 2 is 1.74 bits per heavy atom. The fraction of sp³-hybridized carbons (Fsp3) is 0.625. The molecule has 1 aliphatic rings. The second kappa shape index (κ2) is 6.80. The lowest BCUT2D eigenvalue weighted by Crippen LogP contribution is -2.12. The topological polar surface area (TPSA) is 44.5 Å². The van der Waals surface area contributed by atoms with E-state index in [4.69, 9.17) is 15.2 Å². The molecule has 1 unspecified atom stereocenters. The number of ether oxygens (including phenoxy) is 2. The van der Waals surface area contributed by atoms with E-state index in [0.29, 0.717) is 12.5 Å². The van der Waals surface area contributed by atoms with Crippen LogP contribution in [0.1, 0.15) is 51.1 Å². The summed E-state index contributed by atoms with van der Waals surface area (Å²) < 4.78 is 11.5. The second-order valence-electron chi connectivity index (χ2n) is 5.27. The SMILES string of the molecule is CCCOc1ccc(C(N)C2CC2)cc1OCCC. The maximum Gasteiger partial charge on any atom is 0.161 e. The van der Waals surface area contributed by atoms with Crippen LogP contribution in [0.2, 0.25) is 0 Å². The number of rotatable bonds is 8. The van der Waals surface area contributed by atoms with Gasteiger partial charge >= 0.3 is 0 Å². The van der Waals surface area contributed by atoms with E-state index >= 15 is 0 Å². The van der Waals surface area contributed by atoms with Crippen LogP contribution in [-0.2, 0) is 0 Å². The van der Waals surface area contributed by atoms with Gasteiger partial charge in [-0.25, -0.2) is 0 Å². The van der Waals surface area contributed by atoms with Crippen LogP contribution in [0, 0.1) is 5.92 Å². The van der Waals surface area contributed by atoms with Gasteiger partial charge in [0.1, 0.15) is 0 Å². The predicted molar refractivity (Wildman–Crippen MR) is 77.7 cm³/mol. The first-order valence-electron chi connectivity index (χ1n) is 7.41. The van der Waals surface area contributed by atoms with E-state index in [1.54, 1.807) is 0 Å². The van der Waals surface area contributed by atoms with E-state index in [9.17, 15) is 0 Å². The summed E-state index contributed by atoms with van der Waals surface area (Å²) in [6, 6.07) is 6.28. The minimum atomic E-state index is 0.143. The third-order valence-electron chi connectivity index (χ3n) is 3.41. The summed E-state index contributed by atoms with van der Waals surface area (Å²) in [5.41, 5.74) is 7.42. The van der Waals surface area contributed by atoms with Crippen LogP contribution >= 0.6 is 0 Å². The Morgan fingerprint density at radius 3 is 2.32 bits per heavy atom. The van der Waals surface area contributed by atoms with Crippen molar-refractivity contribution >= 4 is 0 Å². The minimum Gasteiger partial charge on any atom is -0.490 e. The van der Waals surface area contributed by atoms with Crippen LogP contribution in [0.25, 0.3) is 0 Å². The first kappa shape index (κ1) is 14.2. The lowest BCUT2D eigenvalue weighted by atomic mass is 10.0. The molecule has 1 fully saturated rings. The Hall–Kier alpha value is -1.22. The molecule has 19 heavy (non-hydrogen) atoms. The highest BCUT2D eigenvalue weighted by Gasteiger charge is 2.29. The monoisotopic (exact) mass is 263 g/mol. The van der Waals surface area contributed by atoms with Gasteiger partial charge in [0.2, 0.25) is 0 Å². The van der Waals surface area contributed by atoms with Crippen LogP contribution in [0.3, 0.4) is 0 Å². The zero-order valence-electron chi connectivity index (χ0n) is 12.0. The molecule has 3 heteroatoms. The maximum absolute atomic E-state index is 6.25. The fourth-order valence-corrected chi connectivity index (χ4v) is 2.12. The molecule has 0 radical (unpaired) electrons. The lowest BCUT2D eigenvalue weighted by molar-refractivity contribution is 0.268. The molecule has 1 atom stereocenters. The maximum atomic E-state index is 6.25.